The summed E-state index contributed by atoms with van der Waals surface area (Å²) in [5.74, 6) is 0.927. The van der Waals surface area contributed by atoms with Crippen molar-refractivity contribution in [2.75, 3.05) is 26.2 Å². The van der Waals surface area contributed by atoms with Crippen LogP contribution in [0.2, 0.25) is 0 Å². The summed E-state index contributed by atoms with van der Waals surface area (Å²) in [6.07, 6.45) is 9.40. The van der Waals surface area contributed by atoms with Gasteiger partial charge in [0.05, 0.1) is 0 Å². The van der Waals surface area contributed by atoms with Gasteiger partial charge in [-0.1, -0.05) is 88.4 Å². The van der Waals surface area contributed by atoms with Gasteiger partial charge in [0.2, 0.25) is 0 Å². The molecular formula is C27H44N2O. The second kappa shape index (κ2) is 15.9. The van der Waals surface area contributed by atoms with Crippen LogP contribution >= 0.6 is 0 Å². The molecule has 0 heterocycles. The molecular weight excluding hydrogens is 368 g/mol. The number of nitrogens with one attached hydrogen (secondary N) is 1. The number of rotatable bonds is 17. The minimum atomic E-state index is 0. The minimum absolute atomic E-state index is 0. The molecule has 30 heavy (non-hydrogen) atoms. The maximum Gasteiger partial charge on any atom is 0.119 e. The number of unbranched alkanes of at least 4 members (excludes halogenated alkanes) is 5. The summed E-state index contributed by atoms with van der Waals surface area (Å²) in [5.41, 5.74) is 2.50. The van der Waals surface area contributed by atoms with Crippen molar-refractivity contribution < 1.29 is 6.16 Å². The van der Waals surface area contributed by atoms with Gasteiger partial charge >= 0.3 is 0 Å². The molecule has 2 aromatic rings. The number of hydrogen-bond acceptors (Lipinski definition) is 3. The van der Waals surface area contributed by atoms with Crippen molar-refractivity contribution in [2.45, 2.75) is 71.9 Å². The van der Waals surface area contributed by atoms with E-state index in [4.69, 9.17) is 4.74 Å². The minimum Gasteiger partial charge on any atom is -0.489 e. The summed E-state index contributed by atoms with van der Waals surface area (Å²) in [4.78, 5) is 2.64. The van der Waals surface area contributed by atoms with Gasteiger partial charge in [0.1, 0.15) is 12.4 Å². The van der Waals surface area contributed by atoms with Crippen LogP contribution in [0.4, 0.5) is 0 Å². The molecule has 0 amide bonds. The third-order valence-electron chi connectivity index (χ3n) is 5.51. The number of ether oxygens (including phenoxy) is 1. The Kier molecular flexibility index (Phi) is 13.0. The van der Waals surface area contributed by atoms with Gasteiger partial charge in [-0.2, -0.15) is 0 Å². The van der Waals surface area contributed by atoms with Crippen LogP contribution in [-0.2, 0) is 13.2 Å². The van der Waals surface area contributed by atoms with Gasteiger partial charge in [0, 0.05) is 21.1 Å². The first-order chi connectivity index (χ1) is 14.8. The molecule has 3 nitrogen and oxygen atoms in total. The van der Waals surface area contributed by atoms with Crippen molar-refractivity contribution in [1.82, 2.24) is 10.2 Å². The highest BCUT2D eigenvalue weighted by Crippen LogP contribution is 2.14. The Bertz CT molecular complexity index is 648. The standard InChI is InChI=1S/C27H42N2O.H2/c1-3-5-7-8-12-21-29(20-6-4-2)22-19-28-23-25-15-17-27(18-16-25)30-24-26-13-10-9-11-14-26;/h9-11,13-18,28H,3-8,12,19-24H2,1-2H3;1H. The predicted molar refractivity (Wildman–Crippen MR) is 131 cm³/mol. The molecule has 0 aliphatic rings. The molecule has 0 atom stereocenters. The van der Waals surface area contributed by atoms with E-state index in [-0.39, 0.29) is 1.43 Å². The third kappa shape index (κ3) is 10.8. The van der Waals surface area contributed by atoms with E-state index in [1.807, 2.05) is 18.2 Å². The lowest BCUT2D eigenvalue weighted by molar-refractivity contribution is 0.262. The Balaban J connectivity index is 0.00000480. The van der Waals surface area contributed by atoms with Crippen LogP contribution in [0.5, 0.6) is 5.75 Å². The molecule has 0 saturated carbocycles. The Morgan fingerprint density at radius 1 is 0.733 bits per heavy atom. The molecule has 0 unspecified atom stereocenters. The topological polar surface area (TPSA) is 24.5 Å². The van der Waals surface area contributed by atoms with Crippen molar-refractivity contribution in [2.24, 2.45) is 0 Å². The number of benzene rings is 2. The van der Waals surface area contributed by atoms with E-state index in [1.165, 1.54) is 69.2 Å². The second-order valence-electron chi connectivity index (χ2n) is 8.20. The van der Waals surface area contributed by atoms with Gasteiger partial charge in [-0.25, -0.2) is 0 Å². The van der Waals surface area contributed by atoms with E-state index in [1.54, 1.807) is 0 Å². The molecule has 0 aliphatic carbocycles. The van der Waals surface area contributed by atoms with E-state index in [0.717, 1.165) is 25.4 Å². The van der Waals surface area contributed by atoms with Crippen LogP contribution in [0, 0.1) is 0 Å². The van der Waals surface area contributed by atoms with E-state index >= 15 is 0 Å². The van der Waals surface area contributed by atoms with Crippen LogP contribution in [0.25, 0.3) is 0 Å². The van der Waals surface area contributed by atoms with E-state index < -0.39 is 0 Å². The van der Waals surface area contributed by atoms with E-state index in [2.05, 4.69) is 60.5 Å². The Labute approximate surface area is 186 Å². The summed E-state index contributed by atoms with van der Waals surface area (Å²) >= 11 is 0. The van der Waals surface area contributed by atoms with Gasteiger partial charge < -0.3 is 15.0 Å². The van der Waals surface area contributed by atoms with Gasteiger partial charge in [-0.3, -0.25) is 0 Å². The molecule has 0 fully saturated rings. The van der Waals surface area contributed by atoms with Gasteiger partial charge in [0.15, 0.2) is 0 Å². The predicted octanol–water partition coefficient (Wildman–Crippen LogP) is 6.67. The second-order valence-corrected chi connectivity index (χ2v) is 8.20. The number of nitrogens with zero attached hydrogens (tertiary/aromatic N) is 1. The van der Waals surface area contributed by atoms with Gasteiger partial charge in [-0.05, 0) is 49.2 Å². The molecule has 1 N–H and O–H groups in total. The number of hydrogen-bond donors (Lipinski definition) is 1. The fraction of sp³-hybridized carbons (Fsp3) is 0.556. The van der Waals surface area contributed by atoms with Crippen molar-refractivity contribution in [1.29, 1.82) is 0 Å². The molecule has 2 aromatic carbocycles. The van der Waals surface area contributed by atoms with Crippen LogP contribution in [0.1, 0.15) is 71.3 Å². The Hall–Kier alpha value is -1.84. The average molecular weight is 413 g/mol. The fourth-order valence-electron chi connectivity index (χ4n) is 3.57. The lowest BCUT2D eigenvalue weighted by Gasteiger charge is -2.22. The lowest BCUT2D eigenvalue weighted by Crippen LogP contribution is -2.33. The summed E-state index contributed by atoms with van der Waals surface area (Å²) in [6.45, 7) is 10.8. The van der Waals surface area contributed by atoms with Crippen LogP contribution in [-0.4, -0.2) is 31.1 Å². The van der Waals surface area contributed by atoms with Gasteiger partial charge in [-0.15, -0.1) is 0 Å². The average Bonchev–Trinajstić information content (AvgIpc) is 2.79. The van der Waals surface area contributed by atoms with Crippen molar-refractivity contribution in [3.8, 4) is 5.75 Å². The molecule has 0 bridgehead atoms. The van der Waals surface area contributed by atoms with E-state index in [9.17, 15) is 0 Å². The zero-order chi connectivity index (χ0) is 21.3. The Morgan fingerprint density at radius 2 is 1.43 bits per heavy atom. The molecule has 3 heteroatoms. The summed E-state index contributed by atoms with van der Waals surface area (Å²) in [6, 6.07) is 18.8. The van der Waals surface area contributed by atoms with Crippen LogP contribution < -0.4 is 10.1 Å². The smallest absolute Gasteiger partial charge is 0.119 e. The third-order valence-corrected chi connectivity index (χ3v) is 5.51. The van der Waals surface area contributed by atoms with Crippen molar-refractivity contribution in [3.63, 3.8) is 0 Å². The highest BCUT2D eigenvalue weighted by atomic mass is 16.5. The summed E-state index contributed by atoms with van der Waals surface area (Å²) in [5, 5.41) is 3.61. The Morgan fingerprint density at radius 3 is 2.17 bits per heavy atom. The zero-order valence-electron chi connectivity index (χ0n) is 19.2. The molecule has 0 aromatic heterocycles. The molecule has 0 radical (unpaired) electrons. The highest BCUT2D eigenvalue weighted by Gasteiger charge is 2.04. The maximum atomic E-state index is 5.88. The maximum absolute atomic E-state index is 5.88. The van der Waals surface area contributed by atoms with E-state index in [0.29, 0.717) is 6.61 Å². The van der Waals surface area contributed by atoms with Crippen LogP contribution in [0.3, 0.4) is 0 Å². The SMILES string of the molecule is CCCCCCCN(CCCC)CCNCc1ccc(OCc2ccccc2)cc1.[HH]. The molecule has 0 aliphatic heterocycles. The van der Waals surface area contributed by atoms with Crippen molar-refractivity contribution in [3.05, 3.63) is 65.7 Å². The summed E-state index contributed by atoms with van der Waals surface area (Å²) < 4.78 is 5.88. The first kappa shape index (κ1) is 24.4. The molecule has 0 spiro atoms. The highest BCUT2D eigenvalue weighted by molar-refractivity contribution is 5.27. The van der Waals surface area contributed by atoms with Crippen molar-refractivity contribution >= 4 is 0 Å². The monoisotopic (exact) mass is 412 g/mol. The quantitative estimate of drug-likeness (QED) is 0.293. The molecule has 2 rings (SSSR count). The lowest BCUT2D eigenvalue weighted by atomic mass is 10.1. The first-order valence-electron chi connectivity index (χ1n) is 12.0. The normalized spacial score (nSPS) is 11.2. The fourth-order valence-corrected chi connectivity index (χ4v) is 3.57. The first-order valence-corrected chi connectivity index (χ1v) is 12.0. The van der Waals surface area contributed by atoms with Crippen LogP contribution in [0.15, 0.2) is 54.6 Å². The van der Waals surface area contributed by atoms with Gasteiger partial charge in [0.25, 0.3) is 0 Å². The molecule has 0 saturated heterocycles. The largest absolute Gasteiger partial charge is 0.489 e. The molecule has 168 valence electrons. The zero-order valence-corrected chi connectivity index (χ0v) is 19.2. The summed E-state index contributed by atoms with van der Waals surface area (Å²) in [7, 11) is 0.